The summed E-state index contributed by atoms with van der Waals surface area (Å²) < 4.78 is 2.39. The van der Waals surface area contributed by atoms with Crippen molar-refractivity contribution in [3.05, 3.63) is 113 Å². The molecule has 5 rings (SSSR count). The van der Waals surface area contributed by atoms with E-state index >= 15 is 0 Å². The smallest absolute Gasteiger partial charge is 0.170 e. The van der Waals surface area contributed by atoms with E-state index in [1.165, 1.54) is 33.8 Å². The van der Waals surface area contributed by atoms with E-state index in [9.17, 15) is 0 Å². The Kier molecular flexibility index (Phi) is 7.28. The van der Waals surface area contributed by atoms with E-state index in [0.29, 0.717) is 0 Å². The molecule has 1 saturated heterocycles. The maximum atomic E-state index is 5.91. The summed E-state index contributed by atoms with van der Waals surface area (Å²) in [6.07, 6.45) is 2.83. The zero-order chi connectivity index (χ0) is 25.9. The Bertz CT molecular complexity index is 1380. The van der Waals surface area contributed by atoms with E-state index in [4.69, 9.17) is 17.2 Å². The Labute approximate surface area is 225 Å². The van der Waals surface area contributed by atoms with Crippen molar-refractivity contribution >= 4 is 23.0 Å². The van der Waals surface area contributed by atoms with Gasteiger partial charge < -0.3 is 20.1 Å². The Balaban J connectivity index is 1.48. The lowest BCUT2D eigenvalue weighted by molar-refractivity contribution is 0.315. The largest absolute Gasteiger partial charge is 0.385 e. The molecule has 0 spiro atoms. The van der Waals surface area contributed by atoms with Gasteiger partial charge in [-0.3, -0.25) is 4.98 Å². The summed E-state index contributed by atoms with van der Waals surface area (Å²) >= 11 is 5.91. The van der Waals surface area contributed by atoms with E-state index in [2.05, 4.69) is 108 Å². The van der Waals surface area contributed by atoms with Gasteiger partial charge in [0.1, 0.15) is 0 Å². The molecule has 37 heavy (non-hydrogen) atoms. The van der Waals surface area contributed by atoms with E-state index in [1.807, 2.05) is 18.3 Å². The third-order valence-corrected chi connectivity index (χ3v) is 7.83. The van der Waals surface area contributed by atoms with Crippen LogP contribution in [0.2, 0.25) is 0 Å². The molecule has 1 aliphatic heterocycles. The van der Waals surface area contributed by atoms with Crippen LogP contribution in [0.3, 0.4) is 0 Å². The molecule has 0 radical (unpaired) electrons. The van der Waals surface area contributed by atoms with Crippen molar-refractivity contribution in [3.63, 3.8) is 0 Å². The normalized spacial score (nSPS) is 17.2. The van der Waals surface area contributed by atoms with Gasteiger partial charge in [0.25, 0.3) is 0 Å². The number of thiocarbonyl (C=S) groups is 1. The third kappa shape index (κ3) is 4.98. The number of nitrogens with one attached hydrogen (secondary N) is 2. The molecule has 2 aromatic carbocycles. The van der Waals surface area contributed by atoms with Gasteiger partial charge >= 0.3 is 0 Å². The van der Waals surface area contributed by atoms with Gasteiger partial charge in [0.05, 0.1) is 17.8 Å². The molecule has 1 fully saturated rings. The van der Waals surface area contributed by atoms with Crippen LogP contribution in [0, 0.1) is 27.7 Å². The van der Waals surface area contributed by atoms with Gasteiger partial charge in [0.15, 0.2) is 5.11 Å². The second-order valence-electron chi connectivity index (χ2n) is 9.85. The summed E-state index contributed by atoms with van der Waals surface area (Å²) in [5.41, 5.74) is 9.76. The number of benzene rings is 2. The molecule has 0 bridgehead atoms. The number of nitrogens with zero attached hydrogens (tertiary/aromatic N) is 3. The molecule has 190 valence electrons. The van der Waals surface area contributed by atoms with Crippen molar-refractivity contribution in [2.45, 2.75) is 46.2 Å². The summed E-state index contributed by atoms with van der Waals surface area (Å²) in [6.45, 7) is 10.5. The molecule has 2 aromatic heterocycles. The Morgan fingerprint density at radius 2 is 1.73 bits per heavy atom. The van der Waals surface area contributed by atoms with Crippen LogP contribution in [-0.4, -0.2) is 32.7 Å². The minimum Gasteiger partial charge on any atom is -0.385 e. The van der Waals surface area contributed by atoms with Crippen molar-refractivity contribution in [3.8, 4) is 5.69 Å². The average molecular weight is 510 g/mol. The first-order valence-electron chi connectivity index (χ1n) is 13.0. The van der Waals surface area contributed by atoms with Crippen molar-refractivity contribution in [2.24, 2.45) is 0 Å². The van der Waals surface area contributed by atoms with E-state index in [1.54, 1.807) is 0 Å². The molecule has 1 aliphatic rings. The number of aryl methyl sites for hydroxylation is 2. The highest BCUT2D eigenvalue weighted by Gasteiger charge is 2.41. The van der Waals surface area contributed by atoms with Crippen LogP contribution in [0.5, 0.6) is 0 Å². The lowest BCUT2D eigenvalue weighted by atomic mass is 9.96. The molecule has 6 heteroatoms. The highest BCUT2D eigenvalue weighted by molar-refractivity contribution is 7.80. The summed E-state index contributed by atoms with van der Waals surface area (Å²) in [6, 6.07) is 25.4. The minimum atomic E-state index is -0.0108. The molecule has 2 atom stereocenters. The standard InChI is InChI=1S/C31H35N5S/c1-21-12-10-16-28(23(21)3)36-22(2)20-26(24(36)4)30-29(27-15-8-9-17-33-27)34-31(37)35(30)19-11-18-32-25-13-6-5-7-14-25/h5-10,12-17,20,29-30,32H,11,18-19H2,1-4H3,(H,34,37). The van der Waals surface area contributed by atoms with Crippen molar-refractivity contribution in [1.82, 2.24) is 19.8 Å². The fourth-order valence-electron chi connectivity index (χ4n) is 5.46. The number of aromatic nitrogens is 2. The van der Waals surface area contributed by atoms with Crippen molar-refractivity contribution in [2.75, 3.05) is 18.4 Å². The van der Waals surface area contributed by atoms with Crippen LogP contribution in [0.1, 0.15) is 52.3 Å². The van der Waals surface area contributed by atoms with Crippen LogP contribution in [-0.2, 0) is 0 Å². The van der Waals surface area contributed by atoms with Crippen LogP contribution in [0.25, 0.3) is 5.69 Å². The Morgan fingerprint density at radius 1 is 0.946 bits per heavy atom. The molecular formula is C31H35N5S. The van der Waals surface area contributed by atoms with E-state index in [-0.39, 0.29) is 12.1 Å². The van der Waals surface area contributed by atoms with Crippen LogP contribution < -0.4 is 10.6 Å². The van der Waals surface area contributed by atoms with Gasteiger partial charge in [-0.2, -0.15) is 0 Å². The number of hydrogen-bond donors (Lipinski definition) is 2. The Morgan fingerprint density at radius 3 is 2.49 bits per heavy atom. The number of rotatable bonds is 8. The van der Waals surface area contributed by atoms with Gasteiger partial charge in [0, 0.05) is 42.0 Å². The molecule has 3 heterocycles. The van der Waals surface area contributed by atoms with Crippen molar-refractivity contribution in [1.29, 1.82) is 0 Å². The van der Waals surface area contributed by atoms with Crippen LogP contribution in [0.15, 0.2) is 79.0 Å². The maximum Gasteiger partial charge on any atom is 0.170 e. The van der Waals surface area contributed by atoms with Gasteiger partial charge in [-0.1, -0.05) is 36.4 Å². The highest BCUT2D eigenvalue weighted by Crippen LogP contribution is 2.41. The summed E-state index contributed by atoms with van der Waals surface area (Å²) in [4.78, 5) is 7.07. The number of anilines is 1. The zero-order valence-corrected chi connectivity index (χ0v) is 22.8. The monoisotopic (exact) mass is 509 g/mol. The molecule has 0 amide bonds. The predicted octanol–water partition coefficient (Wildman–Crippen LogP) is 6.58. The number of hydrogen-bond acceptors (Lipinski definition) is 3. The third-order valence-electron chi connectivity index (χ3n) is 7.48. The number of pyridine rings is 1. The van der Waals surface area contributed by atoms with Crippen LogP contribution in [0.4, 0.5) is 5.69 Å². The van der Waals surface area contributed by atoms with Gasteiger partial charge in [-0.15, -0.1) is 0 Å². The summed E-state index contributed by atoms with van der Waals surface area (Å²) in [5, 5.41) is 7.93. The molecule has 0 saturated carbocycles. The lowest BCUT2D eigenvalue weighted by Crippen LogP contribution is -2.31. The van der Waals surface area contributed by atoms with Crippen molar-refractivity contribution < 1.29 is 0 Å². The fraction of sp³-hybridized carbons (Fsp3) is 0.290. The molecule has 4 aromatic rings. The first-order valence-corrected chi connectivity index (χ1v) is 13.4. The van der Waals surface area contributed by atoms with Gasteiger partial charge in [0.2, 0.25) is 0 Å². The molecule has 2 N–H and O–H groups in total. The number of para-hydroxylation sites is 1. The topological polar surface area (TPSA) is 45.1 Å². The minimum absolute atomic E-state index is 0.0108. The SMILES string of the molecule is Cc1cccc(-n2c(C)cc(C3C(c4ccccn4)NC(=S)N3CCCNc3ccccc3)c2C)c1C. The molecule has 2 unspecified atom stereocenters. The van der Waals surface area contributed by atoms with E-state index < -0.39 is 0 Å². The predicted molar refractivity (Wildman–Crippen MR) is 156 cm³/mol. The second-order valence-corrected chi connectivity index (χ2v) is 10.2. The second kappa shape index (κ2) is 10.8. The average Bonchev–Trinajstić information content (AvgIpc) is 3.39. The lowest BCUT2D eigenvalue weighted by Gasteiger charge is -2.28. The van der Waals surface area contributed by atoms with Crippen LogP contribution >= 0.6 is 12.2 Å². The summed E-state index contributed by atoms with van der Waals surface area (Å²) in [5.74, 6) is 0. The maximum absolute atomic E-state index is 5.91. The highest BCUT2D eigenvalue weighted by atomic mass is 32.1. The fourth-order valence-corrected chi connectivity index (χ4v) is 5.79. The zero-order valence-electron chi connectivity index (χ0n) is 22.0. The summed E-state index contributed by atoms with van der Waals surface area (Å²) in [7, 11) is 0. The Hall–Kier alpha value is -3.64. The molecule has 5 nitrogen and oxygen atoms in total. The van der Waals surface area contributed by atoms with Gasteiger partial charge in [-0.25, -0.2) is 0 Å². The first-order chi connectivity index (χ1) is 18.0. The quantitative estimate of drug-likeness (QED) is 0.207. The van der Waals surface area contributed by atoms with E-state index in [0.717, 1.165) is 36.0 Å². The molecular weight excluding hydrogens is 474 g/mol. The first kappa shape index (κ1) is 25.0. The van der Waals surface area contributed by atoms with Gasteiger partial charge in [-0.05, 0) is 99.4 Å². The molecule has 0 aliphatic carbocycles.